The van der Waals surface area contributed by atoms with Crippen LogP contribution in [0.3, 0.4) is 0 Å². The number of ether oxygens (including phenoxy) is 1. The van der Waals surface area contributed by atoms with E-state index < -0.39 is 53.1 Å². The van der Waals surface area contributed by atoms with Gasteiger partial charge in [-0.2, -0.15) is 0 Å². The van der Waals surface area contributed by atoms with Gasteiger partial charge in [-0.15, -0.1) is 5.10 Å². The largest absolute Gasteiger partial charge is 0.384 e. The Kier molecular flexibility index (Phi) is 11.3. The summed E-state index contributed by atoms with van der Waals surface area (Å²) < 4.78 is 7.14. The smallest absolute Gasteiger partial charge is 0.251 e. The van der Waals surface area contributed by atoms with E-state index in [0.29, 0.717) is 30.7 Å². The molecule has 6 rings (SSSR count). The third kappa shape index (κ3) is 8.13. The normalized spacial score (nSPS) is 24.2. The number of amides is 4. The van der Waals surface area contributed by atoms with Crippen LogP contribution in [0.4, 0.5) is 0 Å². The average Bonchev–Trinajstić information content (AvgIpc) is 3.75. The predicted molar refractivity (Wildman–Crippen MR) is 192 cm³/mol. The first-order chi connectivity index (χ1) is 24.9. The van der Waals surface area contributed by atoms with E-state index in [2.05, 4.69) is 20.9 Å². The Morgan fingerprint density at radius 1 is 1.04 bits per heavy atom. The number of carbonyl (C=O) groups excluding carboxylic acids is 4. The molecule has 3 fully saturated rings. The molecule has 6 N–H and O–H groups in total. The fourth-order valence-electron chi connectivity index (χ4n) is 8.22. The summed E-state index contributed by atoms with van der Waals surface area (Å²) in [5.74, 6) is -2.14. The molecule has 2 saturated heterocycles. The van der Waals surface area contributed by atoms with Crippen LogP contribution in [0.5, 0.6) is 0 Å². The monoisotopic (exact) mass is 717 g/mol. The number of aliphatic hydroxyl groups excluding tert-OH is 1. The third-order valence-corrected chi connectivity index (χ3v) is 11.1. The van der Waals surface area contributed by atoms with Gasteiger partial charge in [0, 0.05) is 31.7 Å². The molecule has 4 amide bonds. The van der Waals surface area contributed by atoms with Crippen LogP contribution in [0.1, 0.15) is 100 Å². The molecular weight excluding hydrogens is 666 g/mol. The Morgan fingerprint density at radius 2 is 1.79 bits per heavy atom. The van der Waals surface area contributed by atoms with Crippen LogP contribution in [0.2, 0.25) is 0 Å². The number of hydrogen-bond acceptors (Lipinski definition) is 9. The molecule has 3 aliphatic rings. The van der Waals surface area contributed by atoms with Crippen LogP contribution in [0, 0.1) is 5.92 Å². The molecule has 14 nitrogen and oxygen atoms in total. The fraction of sp³-hybridized carbons (Fsp3) is 0.579. The number of nitrogens with zero attached hydrogens (tertiary/aromatic N) is 4. The van der Waals surface area contributed by atoms with Crippen LogP contribution >= 0.6 is 0 Å². The molecular formula is C38H51N7O7. The van der Waals surface area contributed by atoms with Gasteiger partial charge in [0.1, 0.15) is 17.7 Å². The number of nitrogens with two attached hydrogens (primary N) is 1. The number of carbonyl (C=O) groups is 4. The molecule has 1 saturated carbocycles. The summed E-state index contributed by atoms with van der Waals surface area (Å²) in [6, 6.07) is 10.6. The molecule has 280 valence electrons. The van der Waals surface area contributed by atoms with Crippen molar-refractivity contribution in [1.82, 2.24) is 30.5 Å². The molecule has 14 heteroatoms. The minimum absolute atomic E-state index is 0.0465. The molecule has 3 aromatic rings. The average molecular weight is 718 g/mol. The van der Waals surface area contributed by atoms with Gasteiger partial charge in [-0.1, -0.05) is 67.6 Å². The van der Waals surface area contributed by atoms with E-state index in [0.717, 1.165) is 42.9 Å². The van der Waals surface area contributed by atoms with E-state index in [-0.39, 0.29) is 44.2 Å². The Balaban J connectivity index is 1.33. The summed E-state index contributed by atoms with van der Waals surface area (Å²) in [5, 5.41) is 38.1. The lowest BCUT2D eigenvalue weighted by molar-refractivity contribution is -0.143. The lowest BCUT2D eigenvalue weighted by atomic mass is 9.83. The van der Waals surface area contributed by atoms with Gasteiger partial charge < -0.3 is 36.2 Å². The Morgan fingerprint density at radius 3 is 2.52 bits per heavy atom. The number of primary amides is 1. The van der Waals surface area contributed by atoms with Crippen molar-refractivity contribution in [2.24, 2.45) is 11.7 Å². The predicted octanol–water partition coefficient (Wildman–Crippen LogP) is 2.47. The van der Waals surface area contributed by atoms with E-state index >= 15 is 0 Å². The van der Waals surface area contributed by atoms with Crippen molar-refractivity contribution in [2.75, 3.05) is 19.8 Å². The topological polar surface area (TPSA) is 202 Å². The fourth-order valence-corrected chi connectivity index (χ4v) is 8.22. The number of nitrogens with one attached hydrogen (secondary N) is 2. The molecule has 2 aliphatic heterocycles. The van der Waals surface area contributed by atoms with Crippen molar-refractivity contribution in [3.05, 3.63) is 59.9 Å². The lowest BCUT2D eigenvalue weighted by Gasteiger charge is -2.38. The molecule has 0 spiro atoms. The summed E-state index contributed by atoms with van der Waals surface area (Å²) in [4.78, 5) is 57.0. The van der Waals surface area contributed by atoms with E-state index in [1.165, 1.54) is 11.1 Å². The first-order valence-electron chi connectivity index (χ1n) is 18.5. The second-order valence-corrected chi connectivity index (χ2v) is 15.3. The first kappa shape index (κ1) is 37.4. The maximum absolute atomic E-state index is 14.9. The van der Waals surface area contributed by atoms with Crippen LogP contribution in [-0.4, -0.2) is 97.2 Å². The maximum atomic E-state index is 14.9. The molecule has 1 aliphatic carbocycles. The molecule has 1 aromatic heterocycles. The second kappa shape index (κ2) is 15.7. The molecule has 2 aromatic carbocycles. The van der Waals surface area contributed by atoms with Gasteiger partial charge in [-0.25, -0.2) is 4.68 Å². The highest BCUT2D eigenvalue weighted by atomic mass is 16.5. The van der Waals surface area contributed by atoms with Gasteiger partial charge in [0.2, 0.25) is 17.7 Å². The van der Waals surface area contributed by atoms with E-state index in [1.807, 2.05) is 30.3 Å². The number of rotatable bonds is 11. The van der Waals surface area contributed by atoms with Crippen LogP contribution in [0.25, 0.3) is 10.8 Å². The quantitative estimate of drug-likeness (QED) is 0.198. The standard InChI is InChI=1S/C38H51N7O7/c1-37(2,51)31-22-40-43-45(31)28-21-30(35(49)42-38(32(46)33(39)47)15-8-17-52-18-16-38)44(23-28)36(50)29(19-24-9-4-3-5-10-24)41-34(48)27-14-13-25-11-6-7-12-26(25)20-27/h6-7,11-14,20,22,24,28-30,32,46,51H,3-5,8-10,15-19,21,23H2,1-2H3,(H2,39,47)(H,41,48)(H,42,49)/t28-,29+,30-,32?,38?/m0/s1. The Hall–Kier alpha value is -4.40. The van der Waals surface area contributed by atoms with Crippen LogP contribution < -0.4 is 16.4 Å². The van der Waals surface area contributed by atoms with Crippen molar-refractivity contribution in [3.8, 4) is 0 Å². The van der Waals surface area contributed by atoms with Gasteiger partial charge in [0.25, 0.3) is 5.91 Å². The zero-order valence-electron chi connectivity index (χ0n) is 30.0. The van der Waals surface area contributed by atoms with E-state index in [9.17, 15) is 29.4 Å². The molecule has 52 heavy (non-hydrogen) atoms. The summed E-state index contributed by atoms with van der Waals surface area (Å²) in [5.41, 5.74) is 3.70. The van der Waals surface area contributed by atoms with Gasteiger partial charge in [-0.05, 0) is 68.4 Å². The van der Waals surface area contributed by atoms with Gasteiger partial charge >= 0.3 is 0 Å². The van der Waals surface area contributed by atoms with Crippen molar-refractivity contribution >= 4 is 34.4 Å². The van der Waals surface area contributed by atoms with E-state index in [1.54, 1.807) is 30.7 Å². The number of aromatic nitrogens is 3. The van der Waals surface area contributed by atoms with Crippen molar-refractivity contribution in [2.45, 2.75) is 113 Å². The first-order valence-corrected chi connectivity index (χ1v) is 18.5. The Bertz CT molecular complexity index is 1760. The van der Waals surface area contributed by atoms with Gasteiger partial charge in [0.15, 0.2) is 6.10 Å². The van der Waals surface area contributed by atoms with Crippen LogP contribution in [-0.2, 0) is 24.7 Å². The minimum atomic E-state index is -1.68. The minimum Gasteiger partial charge on any atom is -0.384 e. The third-order valence-electron chi connectivity index (χ3n) is 11.1. The summed E-state index contributed by atoms with van der Waals surface area (Å²) in [6.45, 7) is 3.85. The highest BCUT2D eigenvalue weighted by Gasteiger charge is 2.49. The number of fused-ring (bicyclic) bond motifs is 1. The molecule has 0 radical (unpaired) electrons. The van der Waals surface area contributed by atoms with E-state index in [4.69, 9.17) is 10.5 Å². The summed E-state index contributed by atoms with van der Waals surface area (Å²) in [7, 11) is 0. The molecule has 0 bridgehead atoms. The van der Waals surface area contributed by atoms with Gasteiger partial charge in [0.05, 0.1) is 23.5 Å². The SMILES string of the molecule is CC(C)(O)c1cnnn1[C@H]1C[C@@H](C(=O)NC2(C(O)C(N)=O)CCCOCC2)N(C(=O)[C@@H](CC2CCCCC2)NC(=O)c2ccc3ccccc3c2)C1. The summed E-state index contributed by atoms with van der Waals surface area (Å²) in [6.07, 6.45) is 6.23. The van der Waals surface area contributed by atoms with Crippen molar-refractivity contribution in [3.63, 3.8) is 0 Å². The number of likely N-dealkylation sites (tertiary alicyclic amines) is 1. The number of benzene rings is 2. The molecule has 5 atom stereocenters. The Labute approximate surface area is 303 Å². The van der Waals surface area contributed by atoms with Crippen molar-refractivity contribution in [1.29, 1.82) is 0 Å². The number of hydrogen-bond donors (Lipinski definition) is 5. The highest BCUT2D eigenvalue weighted by molar-refractivity contribution is 6.01. The van der Waals surface area contributed by atoms with Crippen molar-refractivity contribution < 1.29 is 34.1 Å². The van der Waals surface area contributed by atoms with Gasteiger partial charge in [-0.3, -0.25) is 19.2 Å². The zero-order valence-corrected chi connectivity index (χ0v) is 30.0. The lowest BCUT2D eigenvalue weighted by Crippen LogP contribution is -2.64. The maximum Gasteiger partial charge on any atom is 0.251 e. The second-order valence-electron chi connectivity index (χ2n) is 15.3. The zero-order chi connectivity index (χ0) is 37.0. The molecule has 2 unspecified atom stereocenters. The summed E-state index contributed by atoms with van der Waals surface area (Å²) >= 11 is 0. The molecule has 3 heterocycles. The number of aliphatic hydroxyl groups is 2. The van der Waals surface area contributed by atoms with Crippen LogP contribution in [0.15, 0.2) is 48.7 Å². The highest BCUT2D eigenvalue weighted by Crippen LogP contribution is 2.35.